The highest BCUT2D eigenvalue weighted by atomic mass is 79.9. The van der Waals surface area contributed by atoms with Gasteiger partial charge in [0.15, 0.2) is 0 Å². The molecule has 1 aromatic heterocycles. The van der Waals surface area contributed by atoms with Crippen molar-refractivity contribution in [3.8, 4) is 0 Å². The zero-order chi connectivity index (χ0) is 14.8. The third-order valence-electron chi connectivity index (χ3n) is 3.27. The maximum atomic E-state index is 5.82. The number of anilines is 2. The number of halogens is 1. The summed E-state index contributed by atoms with van der Waals surface area (Å²) in [5, 5.41) is 1.00. The van der Waals surface area contributed by atoms with Gasteiger partial charge in [-0.2, -0.15) is 4.98 Å². The summed E-state index contributed by atoms with van der Waals surface area (Å²) in [6, 6.07) is 16.1. The maximum absolute atomic E-state index is 5.82. The molecule has 3 aromatic rings. The van der Waals surface area contributed by atoms with Gasteiger partial charge in [-0.3, -0.25) is 0 Å². The Balaban J connectivity index is 1.99. The summed E-state index contributed by atoms with van der Waals surface area (Å²) in [5.41, 5.74) is 7.89. The molecule has 3 rings (SSSR count). The first-order valence-electron chi connectivity index (χ1n) is 6.61. The molecule has 21 heavy (non-hydrogen) atoms. The lowest BCUT2D eigenvalue weighted by Crippen LogP contribution is -2.19. The Labute approximate surface area is 131 Å². The number of para-hydroxylation sites is 1. The highest BCUT2D eigenvalue weighted by Gasteiger charge is 2.10. The van der Waals surface area contributed by atoms with E-state index in [0.717, 1.165) is 27.7 Å². The molecule has 0 aliphatic heterocycles. The molecular formula is C16H15BrN4. The molecule has 0 aliphatic rings. The lowest BCUT2D eigenvalue weighted by Gasteiger charge is -2.20. The molecule has 0 amide bonds. The Morgan fingerprint density at radius 1 is 1.10 bits per heavy atom. The minimum atomic E-state index is 0.296. The molecule has 0 saturated heterocycles. The van der Waals surface area contributed by atoms with Crippen LogP contribution in [0, 0.1) is 0 Å². The van der Waals surface area contributed by atoms with Crippen LogP contribution in [-0.2, 0) is 6.54 Å². The van der Waals surface area contributed by atoms with Crippen LogP contribution in [0.2, 0.25) is 0 Å². The highest BCUT2D eigenvalue weighted by molar-refractivity contribution is 9.10. The fraction of sp³-hybridized carbons (Fsp3) is 0.125. The Morgan fingerprint density at radius 2 is 1.90 bits per heavy atom. The molecule has 0 fully saturated rings. The predicted octanol–water partition coefficient (Wildman–Crippen LogP) is 3.61. The minimum Gasteiger partial charge on any atom is -0.368 e. The van der Waals surface area contributed by atoms with Crippen LogP contribution in [0.5, 0.6) is 0 Å². The van der Waals surface area contributed by atoms with Crippen LogP contribution in [0.25, 0.3) is 10.9 Å². The van der Waals surface area contributed by atoms with Crippen LogP contribution >= 0.6 is 15.9 Å². The average molecular weight is 343 g/mol. The summed E-state index contributed by atoms with van der Waals surface area (Å²) in [5.74, 6) is 1.14. The van der Waals surface area contributed by atoms with Gasteiger partial charge in [-0.05, 0) is 29.8 Å². The van der Waals surface area contributed by atoms with Crippen LogP contribution in [0.3, 0.4) is 0 Å². The predicted molar refractivity (Wildman–Crippen MR) is 90.2 cm³/mol. The molecule has 0 radical (unpaired) electrons. The summed E-state index contributed by atoms with van der Waals surface area (Å²) < 4.78 is 1.07. The number of hydrogen-bond acceptors (Lipinski definition) is 4. The lowest BCUT2D eigenvalue weighted by atomic mass is 10.2. The number of fused-ring (bicyclic) bond motifs is 1. The summed E-state index contributed by atoms with van der Waals surface area (Å²) >= 11 is 3.50. The van der Waals surface area contributed by atoms with Gasteiger partial charge in [0, 0.05) is 23.5 Å². The van der Waals surface area contributed by atoms with Gasteiger partial charge in [-0.1, -0.05) is 40.2 Å². The van der Waals surface area contributed by atoms with E-state index >= 15 is 0 Å². The number of rotatable bonds is 3. The molecule has 1 heterocycles. The normalized spacial score (nSPS) is 10.8. The molecule has 0 atom stereocenters. The van der Waals surface area contributed by atoms with Gasteiger partial charge in [0.1, 0.15) is 5.82 Å². The standard InChI is InChI=1S/C16H15BrN4/c1-21(10-11-5-4-6-12(17)9-11)15-13-7-2-3-8-14(13)19-16(18)20-15/h2-9H,10H2,1H3,(H2,18,19,20). The van der Waals surface area contributed by atoms with Crippen molar-refractivity contribution in [1.82, 2.24) is 9.97 Å². The van der Waals surface area contributed by atoms with Crippen LogP contribution < -0.4 is 10.6 Å². The van der Waals surface area contributed by atoms with Crippen LogP contribution in [0.15, 0.2) is 53.0 Å². The first-order chi connectivity index (χ1) is 10.1. The third kappa shape index (κ3) is 2.97. The van der Waals surface area contributed by atoms with E-state index in [2.05, 4.69) is 42.9 Å². The van der Waals surface area contributed by atoms with Crippen molar-refractivity contribution in [2.24, 2.45) is 0 Å². The number of nitrogens with two attached hydrogens (primary N) is 1. The van der Waals surface area contributed by atoms with Crippen LogP contribution in [-0.4, -0.2) is 17.0 Å². The van der Waals surface area contributed by atoms with Crippen molar-refractivity contribution >= 4 is 38.6 Å². The fourth-order valence-corrected chi connectivity index (χ4v) is 2.80. The van der Waals surface area contributed by atoms with Crippen molar-refractivity contribution in [2.45, 2.75) is 6.54 Å². The maximum Gasteiger partial charge on any atom is 0.222 e. The van der Waals surface area contributed by atoms with Gasteiger partial charge < -0.3 is 10.6 Å². The fourth-order valence-electron chi connectivity index (χ4n) is 2.35. The van der Waals surface area contributed by atoms with Crippen LogP contribution in [0.1, 0.15) is 5.56 Å². The van der Waals surface area contributed by atoms with Gasteiger partial charge in [0.25, 0.3) is 0 Å². The average Bonchev–Trinajstić information content (AvgIpc) is 2.46. The lowest BCUT2D eigenvalue weighted by molar-refractivity contribution is 0.902. The van der Waals surface area contributed by atoms with E-state index in [1.165, 1.54) is 5.56 Å². The summed E-state index contributed by atoms with van der Waals surface area (Å²) in [7, 11) is 2.01. The third-order valence-corrected chi connectivity index (χ3v) is 3.76. The Bertz CT molecular complexity index is 788. The molecule has 0 bridgehead atoms. The van der Waals surface area contributed by atoms with E-state index in [1.54, 1.807) is 0 Å². The van der Waals surface area contributed by atoms with Crippen molar-refractivity contribution in [2.75, 3.05) is 17.7 Å². The van der Waals surface area contributed by atoms with E-state index in [0.29, 0.717) is 5.95 Å². The van der Waals surface area contributed by atoms with Crippen molar-refractivity contribution in [3.63, 3.8) is 0 Å². The first kappa shape index (κ1) is 13.8. The first-order valence-corrected chi connectivity index (χ1v) is 7.40. The Kier molecular flexibility index (Phi) is 3.75. The molecule has 2 N–H and O–H groups in total. The largest absolute Gasteiger partial charge is 0.368 e. The smallest absolute Gasteiger partial charge is 0.222 e. The van der Waals surface area contributed by atoms with Gasteiger partial charge in [-0.25, -0.2) is 4.98 Å². The molecule has 0 unspecified atom stereocenters. The molecule has 4 nitrogen and oxygen atoms in total. The van der Waals surface area contributed by atoms with E-state index < -0.39 is 0 Å². The Hall–Kier alpha value is -2.14. The summed E-state index contributed by atoms with van der Waals surface area (Å²) in [4.78, 5) is 10.8. The van der Waals surface area contributed by atoms with E-state index in [9.17, 15) is 0 Å². The Morgan fingerprint density at radius 3 is 2.71 bits per heavy atom. The van der Waals surface area contributed by atoms with E-state index in [4.69, 9.17) is 5.73 Å². The quantitative estimate of drug-likeness (QED) is 0.789. The summed E-state index contributed by atoms with van der Waals surface area (Å²) in [6.45, 7) is 0.750. The number of benzene rings is 2. The number of nitrogen functional groups attached to an aromatic ring is 1. The molecular weight excluding hydrogens is 328 g/mol. The zero-order valence-electron chi connectivity index (χ0n) is 11.6. The molecule has 0 aliphatic carbocycles. The molecule has 0 saturated carbocycles. The SMILES string of the molecule is CN(Cc1cccc(Br)c1)c1nc(N)nc2ccccc12. The van der Waals surface area contributed by atoms with Crippen LogP contribution in [0.4, 0.5) is 11.8 Å². The second-order valence-electron chi connectivity index (χ2n) is 4.91. The number of aromatic nitrogens is 2. The van der Waals surface area contributed by atoms with Crippen molar-refractivity contribution < 1.29 is 0 Å². The second kappa shape index (κ2) is 5.69. The van der Waals surface area contributed by atoms with Gasteiger partial charge in [-0.15, -0.1) is 0 Å². The molecule has 5 heteroatoms. The van der Waals surface area contributed by atoms with Gasteiger partial charge >= 0.3 is 0 Å². The van der Waals surface area contributed by atoms with E-state index in [1.807, 2.05) is 43.4 Å². The van der Waals surface area contributed by atoms with Crippen molar-refractivity contribution in [3.05, 3.63) is 58.6 Å². The van der Waals surface area contributed by atoms with Crippen molar-refractivity contribution in [1.29, 1.82) is 0 Å². The second-order valence-corrected chi connectivity index (χ2v) is 5.82. The number of nitrogens with zero attached hydrogens (tertiary/aromatic N) is 3. The van der Waals surface area contributed by atoms with Gasteiger partial charge in [0.2, 0.25) is 5.95 Å². The molecule has 2 aromatic carbocycles. The summed E-state index contributed by atoms with van der Waals surface area (Å²) in [6.07, 6.45) is 0. The van der Waals surface area contributed by atoms with Gasteiger partial charge in [0.05, 0.1) is 5.52 Å². The molecule has 0 spiro atoms. The van der Waals surface area contributed by atoms with E-state index in [-0.39, 0.29) is 0 Å². The topological polar surface area (TPSA) is 55.0 Å². The zero-order valence-corrected chi connectivity index (χ0v) is 13.2. The number of hydrogen-bond donors (Lipinski definition) is 1. The highest BCUT2D eigenvalue weighted by Crippen LogP contribution is 2.25. The monoisotopic (exact) mass is 342 g/mol. The molecule has 106 valence electrons. The minimum absolute atomic E-state index is 0.296.